The fourth-order valence-corrected chi connectivity index (χ4v) is 5.15. The van der Waals surface area contributed by atoms with E-state index in [2.05, 4.69) is 10.6 Å². The minimum atomic E-state index is -0.772. The molecule has 2 amide bonds. The van der Waals surface area contributed by atoms with E-state index in [0.29, 0.717) is 5.75 Å². The molecule has 2 rings (SSSR count). The molecule has 6 heteroatoms. The number of amides is 2. The van der Waals surface area contributed by atoms with Gasteiger partial charge in [0.25, 0.3) is 0 Å². The van der Waals surface area contributed by atoms with Gasteiger partial charge in [-0.2, -0.15) is 0 Å². The van der Waals surface area contributed by atoms with Crippen LogP contribution in [0.25, 0.3) is 0 Å². The Morgan fingerprint density at radius 1 is 1.27 bits per heavy atom. The van der Waals surface area contributed by atoms with Crippen LogP contribution < -0.4 is 10.6 Å². The molecule has 0 bridgehead atoms. The highest BCUT2D eigenvalue weighted by atomic mass is 32.2. The Morgan fingerprint density at radius 3 is 2.73 bits per heavy atom. The second kappa shape index (κ2) is 7.77. The van der Waals surface area contributed by atoms with Crippen molar-refractivity contribution in [1.29, 1.82) is 0 Å². The minimum absolute atomic E-state index is 0.0432. The molecule has 0 aromatic carbocycles. The lowest BCUT2D eigenvalue weighted by atomic mass is 9.86. The summed E-state index contributed by atoms with van der Waals surface area (Å²) in [4.78, 5) is 12.2. The topological polar surface area (TPSA) is 78.4 Å². The Balaban J connectivity index is 1.83. The van der Waals surface area contributed by atoms with E-state index in [1.54, 1.807) is 0 Å². The zero-order valence-corrected chi connectivity index (χ0v) is 14.6. The monoisotopic (exact) mass is 330 g/mol. The number of nitrogens with one attached hydrogen (secondary N) is 2. The molecule has 0 aromatic rings. The van der Waals surface area contributed by atoms with Crippen LogP contribution in [0.1, 0.15) is 58.8 Å². The number of hydrogen-bond acceptors (Lipinski definition) is 3. The molecule has 0 heterocycles. The van der Waals surface area contributed by atoms with Gasteiger partial charge in [0.15, 0.2) is 0 Å². The van der Waals surface area contributed by atoms with Gasteiger partial charge < -0.3 is 15.7 Å². The van der Waals surface area contributed by atoms with Crippen molar-refractivity contribution in [3.63, 3.8) is 0 Å². The molecule has 2 aliphatic carbocycles. The Hall–Kier alpha value is -0.620. The van der Waals surface area contributed by atoms with Gasteiger partial charge in [0, 0.05) is 39.3 Å². The molecule has 3 N–H and O–H groups in total. The fourth-order valence-electron chi connectivity index (χ4n) is 3.80. The molecular weight excluding hydrogens is 300 g/mol. The van der Waals surface area contributed by atoms with E-state index in [1.807, 2.05) is 13.8 Å². The number of carbonyl (C=O) groups is 1. The van der Waals surface area contributed by atoms with Gasteiger partial charge in [-0.15, -0.1) is 0 Å². The largest absolute Gasteiger partial charge is 0.396 e. The summed E-state index contributed by atoms with van der Waals surface area (Å²) in [5.41, 5.74) is -0.198. The second-order valence-corrected chi connectivity index (χ2v) is 9.04. The first-order valence-electron chi connectivity index (χ1n) is 8.53. The summed E-state index contributed by atoms with van der Waals surface area (Å²) in [6.07, 6.45) is 6.74. The molecule has 2 saturated carbocycles. The van der Waals surface area contributed by atoms with Crippen molar-refractivity contribution in [3.05, 3.63) is 0 Å². The van der Waals surface area contributed by atoms with Crippen molar-refractivity contribution in [2.24, 2.45) is 5.41 Å². The lowest BCUT2D eigenvalue weighted by Gasteiger charge is -2.32. The Morgan fingerprint density at radius 2 is 2.05 bits per heavy atom. The number of hydrogen-bond donors (Lipinski definition) is 3. The molecule has 5 atom stereocenters. The van der Waals surface area contributed by atoms with Crippen molar-refractivity contribution >= 4 is 16.8 Å². The van der Waals surface area contributed by atoms with Crippen LogP contribution in [0.2, 0.25) is 0 Å². The number of urea groups is 1. The third-order valence-corrected chi connectivity index (χ3v) is 7.11. The molecule has 0 radical (unpaired) electrons. The molecule has 0 aromatic heterocycles. The summed E-state index contributed by atoms with van der Waals surface area (Å²) in [6.45, 7) is 4.10. The van der Waals surface area contributed by atoms with E-state index in [9.17, 15) is 14.1 Å². The lowest BCUT2D eigenvalue weighted by Crippen LogP contribution is -2.52. The van der Waals surface area contributed by atoms with Gasteiger partial charge in [-0.25, -0.2) is 4.79 Å². The number of rotatable bonds is 5. The van der Waals surface area contributed by atoms with E-state index in [-0.39, 0.29) is 35.4 Å². The van der Waals surface area contributed by atoms with E-state index >= 15 is 0 Å². The zero-order valence-electron chi connectivity index (χ0n) is 13.8. The predicted molar refractivity (Wildman–Crippen MR) is 89.2 cm³/mol. The highest BCUT2D eigenvalue weighted by molar-refractivity contribution is 7.85. The molecular formula is C16H30N2O3S. The first-order chi connectivity index (χ1) is 10.5. The molecule has 22 heavy (non-hydrogen) atoms. The van der Waals surface area contributed by atoms with E-state index < -0.39 is 10.8 Å². The van der Waals surface area contributed by atoms with Crippen LogP contribution in [-0.4, -0.2) is 45.0 Å². The quantitative estimate of drug-likeness (QED) is 0.720. The highest BCUT2D eigenvalue weighted by Crippen LogP contribution is 2.37. The van der Waals surface area contributed by atoms with Gasteiger partial charge >= 0.3 is 6.03 Å². The predicted octanol–water partition coefficient (Wildman–Crippen LogP) is 1.92. The summed E-state index contributed by atoms with van der Waals surface area (Å²) in [6, 6.07) is 0.0252. The minimum Gasteiger partial charge on any atom is -0.396 e. The maximum Gasteiger partial charge on any atom is 0.315 e. The maximum absolute atomic E-state index is 12.2. The molecule has 0 aliphatic heterocycles. The standard InChI is InChI=1S/C16H30N2O3S/c1-3-22(21)13-7-4-6-12(10-13)17-15(20)18-14-8-5-9-16(14,2)11-19/h12-14,19H,3-11H2,1-2H3,(H2,17,18,20). The van der Waals surface area contributed by atoms with Crippen LogP contribution in [-0.2, 0) is 10.8 Å². The molecule has 0 saturated heterocycles. The molecule has 2 aliphatic rings. The van der Waals surface area contributed by atoms with Crippen LogP contribution in [0.5, 0.6) is 0 Å². The van der Waals surface area contributed by atoms with E-state index in [0.717, 1.165) is 44.9 Å². The molecule has 5 nitrogen and oxygen atoms in total. The van der Waals surface area contributed by atoms with Gasteiger partial charge in [0.2, 0.25) is 0 Å². The number of aliphatic hydroxyl groups excluding tert-OH is 1. The summed E-state index contributed by atoms with van der Waals surface area (Å²) in [5.74, 6) is 0.695. The van der Waals surface area contributed by atoms with Crippen molar-refractivity contribution in [3.8, 4) is 0 Å². The molecule has 2 fully saturated rings. The van der Waals surface area contributed by atoms with Crippen LogP contribution in [0, 0.1) is 5.41 Å². The number of aliphatic hydroxyl groups is 1. The average Bonchev–Trinajstić information content (AvgIpc) is 2.88. The summed E-state index contributed by atoms with van der Waals surface area (Å²) >= 11 is 0. The van der Waals surface area contributed by atoms with E-state index in [4.69, 9.17) is 0 Å². The van der Waals surface area contributed by atoms with E-state index in [1.165, 1.54) is 0 Å². The third kappa shape index (κ3) is 4.22. The van der Waals surface area contributed by atoms with Crippen molar-refractivity contribution < 1.29 is 14.1 Å². The van der Waals surface area contributed by atoms with Gasteiger partial charge in [0.05, 0.1) is 6.61 Å². The Labute approximate surface area is 136 Å². The molecule has 0 spiro atoms. The summed E-state index contributed by atoms with van der Waals surface area (Å²) < 4.78 is 12.0. The van der Waals surface area contributed by atoms with Gasteiger partial charge in [0.1, 0.15) is 0 Å². The lowest BCUT2D eigenvalue weighted by molar-refractivity contribution is 0.120. The first-order valence-corrected chi connectivity index (χ1v) is 9.91. The fraction of sp³-hybridized carbons (Fsp3) is 0.938. The summed E-state index contributed by atoms with van der Waals surface area (Å²) in [5, 5.41) is 15.9. The van der Waals surface area contributed by atoms with Gasteiger partial charge in [-0.1, -0.05) is 26.7 Å². The normalized spacial score (nSPS) is 36.8. The van der Waals surface area contributed by atoms with Crippen LogP contribution >= 0.6 is 0 Å². The maximum atomic E-state index is 12.2. The van der Waals surface area contributed by atoms with Crippen LogP contribution in [0.3, 0.4) is 0 Å². The number of carbonyl (C=O) groups excluding carboxylic acids is 1. The highest BCUT2D eigenvalue weighted by Gasteiger charge is 2.39. The Kier molecular flexibility index (Phi) is 6.26. The van der Waals surface area contributed by atoms with Crippen molar-refractivity contribution in [1.82, 2.24) is 10.6 Å². The Bertz CT molecular complexity index is 418. The average molecular weight is 330 g/mol. The third-order valence-electron chi connectivity index (χ3n) is 5.37. The van der Waals surface area contributed by atoms with Crippen molar-refractivity contribution in [2.75, 3.05) is 12.4 Å². The van der Waals surface area contributed by atoms with Crippen LogP contribution in [0.15, 0.2) is 0 Å². The van der Waals surface area contributed by atoms with Crippen molar-refractivity contribution in [2.45, 2.75) is 76.1 Å². The first kappa shape index (κ1) is 17.7. The molecule has 5 unspecified atom stereocenters. The smallest absolute Gasteiger partial charge is 0.315 e. The van der Waals surface area contributed by atoms with Gasteiger partial charge in [-0.05, 0) is 32.1 Å². The summed E-state index contributed by atoms with van der Waals surface area (Å²) in [7, 11) is -0.772. The molecule has 128 valence electrons. The van der Waals surface area contributed by atoms with Crippen LogP contribution in [0.4, 0.5) is 4.79 Å². The zero-order chi connectivity index (χ0) is 16.2. The SMILES string of the molecule is CCS(=O)C1CCCC(NC(=O)NC2CCCC2(C)CO)C1. The van der Waals surface area contributed by atoms with Gasteiger partial charge in [-0.3, -0.25) is 4.21 Å². The second-order valence-electron chi connectivity index (χ2n) is 7.03.